The number of nitrogens with zero attached hydrogens (tertiary/aromatic N) is 4. The van der Waals surface area contributed by atoms with E-state index in [1.807, 2.05) is 4.90 Å². The van der Waals surface area contributed by atoms with Gasteiger partial charge in [-0.3, -0.25) is 9.69 Å². The second-order valence-corrected chi connectivity index (χ2v) is 9.11. The van der Waals surface area contributed by atoms with Gasteiger partial charge in [0.25, 0.3) is 5.91 Å². The van der Waals surface area contributed by atoms with Gasteiger partial charge in [-0.2, -0.15) is 10.1 Å². The van der Waals surface area contributed by atoms with Crippen LogP contribution in [0.15, 0.2) is 22.8 Å². The van der Waals surface area contributed by atoms with Crippen molar-refractivity contribution in [1.82, 2.24) is 14.8 Å². The standard InChI is InChI=1S/C22H30N4O2/c1-15(2)19-23-21-25(20(27)18-11-8-14-28-18)17-10-5-4-9-16(17)22(26(21)24-19)12-6-3-7-13-22/h8,11,14-17H,3-7,9-10,12-13H2,1-2H3/t16-,17+/m1/s1. The van der Waals surface area contributed by atoms with Crippen LogP contribution in [0.2, 0.25) is 0 Å². The number of furan rings is 1. The Labute approximate surface area is 166 Å². The summed E-state index contributed by atoms with van der Waals surface area (Å²) in [7, 11) is 0. The Balaban J connectivity index is 1.69. The smallest absolute Gasteiger partial charge is 0.296 e. The molecule has 2 aliphatic carbocycles. The van der Waals surface area contributed by atoms with Crippen molar-refractivity contribution in [3.63, 3.8) is 0 Å². The quantitative estimate of drug-likeness (QED) is 0.743. The highest BCUT2D eigenvalue weighted by atomic mass is 16.3. The van der Waals surface area contributed by atoms with E-state index in [1.54, 1.807) is 18.4 Å². The van der Waals surface area contributed by atoms with Crippen molar-refractivity contribution in [2.45, 2.75) is 89.1 Å². The fraction of sp³-hybridized carbons (Fsp3) is 0.682. The predicted octanol–water partition coefficient (Wildman–Crippen LogP) is 4.87. The zero-order valence-corrected chi connectivity index (χ0v) is 16.9. The summed E-state index contributed by atoms with van der Waals surface area (Å²) in [6, 6.07) is 3.73. The van der Waals surface area contributed by atoms with E-state index in [2.05, 4.69) is 18.5 Å². The van der Waals surface area contributed by atoms with E-state index in [9.17, 15) is 4.79 Å². The minimum Gasteiger partial charge on any atom is -0.459 e. The Morgan fingerprint density at radius 3 is 2.68 bits per heavy atom. The molecule has 2 atom stereocenters. The molecule has 3 aliphatic rings. The lowest BCUT2D eigenvalue weighted by Crippen LogP contribution is -2.61. The van der Waals surface area contributed by atoms with Gasteiger partial charge in [0, 0.05) is 17.9 Å². The van der Waals surface area contributed by atoms with Crippen LogP contribution >= 0.6 is 0 Å². The zero-order valence-electron chi connectivity index (χ0n) is 16.9. The third-order valence-electron chi connectivity index (χ3n) is 7.18. The van der Waals surface area contributed by atoms with Crippen molar-refractivity contribution in [3.8, 4) is 0 Å². The lowest BCUT2D eigenvalue weighted by atomic mass is 9.64. The lowest BCUT2D eigenvalue weighted by Gasteiger charge is -2.55. The molecule has 2 fully saturated rings. The van der Waals surface area contributed by atoms with E-state index in [-0.39, 0.29) is 23.4 Å². The van der Waals surface area contributed by atoms with Gasteiger partial charge >= 0.3 is 0 Å². The summed E-state index contributed by atoms with van der Waals surface area (Å²) >= 11 is 0. The van der Waals surface area contributed by atoms with Crippen LogP contribution in [0.5, 0.6) is 0 Å². The van der Waals surface area contributed by atoms with Crippen molar-refractivity contribution >= 4 is 11.9 Å². The molecule has 3 heterocycles. The fourth-order valence-corrected chi connectivity index (χ4v) is 5.88. The molecule has 150 valence electrons. The van der Waals surface area contributed by atoms with Crippen LogP contribution in [0.1, 0.15) is 93.9 Å². The van der Waals surface area contributed by atoms with E-state index < -0.39 is 0 Å². The van der Waals surface area contributed by atoms with E-state index in [0.29, 0.717) is 11.7 Å². The lowest BCUT2D eigenvalue weighted by molar-refractivity contribution is 0.0305. The maximum absolute atomic E-state index is 13.5. The molecular weight excluding hydrogens is 352 g/mol. The molecule has 6 heteroatoms. The van der Waals surface area contributed by atoms with E-state index in [1.165, 1.54) is 38.5 Å². The fourth-order valence-electron chi connectivity index (χ4n) is 5.88. The number of aromatic nitrogens is 3. The van der Waals surface area contributed by atoms with E-state index in [4.69, 9.17) is 14.5 Å². The van der Waals surface area contributed by atoms with Crippen molar-refractivity contribution < 1.29 is 9.21 Å². The number of hydrogen-bond donors (Lipinski definition) is 0. The highest BCUT2D eigenvalue weighted by molar-refractivity contribution is 6.04. The number of hydrogen-bond acceptors (Lipinski definition) is 4. The topological polar surface area (TPSA) is 64.2 Å². The van der Waals surface area contributed by atoms with Crippen molar-refractivity contribution in [3.05, 3.63) is 30.0 Å². The molecule has 0 bridgehead atoms. The minimum atomic E-state index is -0.0727. The van der Waals surface area contributed by atoms with Crippen LogP contribution < -0.4 is 4.90 Å². The molecule has 1 amide bonds. The van der Waals surface area contributed by atoms with Crippen LogP contribution in [-0.4, -0.2) is 26.7 Å². The number of carbonyl (C=O) groups is 1. The summed E-state index contributed by atoms with van der Waals surface area (Å²) in [5.74, 6) is 2.60. The summed E-state index contributed by atoms with van der Waals surface area (Å²) in [5, 5.41) is 5.01. The summed E-state index contributed by atoms with van der Waals surface area (Å²) < 4.78 is 7.66. The molecule has 1 aliphatic heterocycles. The molecular formula is C22H30N4O2. The Morgan fingerprint density at radius 1 is 1.18 bits per heavy atom. The Bertz CT molecular complexity index is 848. The Kier molecular flexibility index (Phi) is 4.33. The molecule has 5 rings (SSSR count). The molecule has 0 N–H and O–H groups in total. The highest BCUT2D eigenvalue weighted by Gasteiger charge is 2.55. The maximum atomic E-state index is 13.5. The Morgan fingerprint density at radius 2 is 1.96 bits per heavy atom. The van der Waals surface area contributed by atoms with Crippen molar-refractivity contribution in [1.29, 1.82) is 0 Å². The van der Waals surface area contributed by atoms with Crippen LogP contribution in [0.3, 0.4) is 0 Å². The molecule has 2 saturated carbocycles. The molecule has 6 nitrogen and oxygen atoms in total. The van der Waals surface area contributed by atoms with Gasteiger partial charge in [-0.25, -0.2) is 4.68 Å². The molecule has 0 saturated heterocycles. The van der Waals surface area contributed by atoms with Crippen LogP contribution in [0, 0.1) is 5.92 Å². The van der Waals surface area contributed by atoms with Gasteiger partial charge < -0.3 is 4.42 Å². The molecule has 0 unspecified atom stereocenters. The van der Waals surface area contributed by atoms with Gasteiger partial charge in [-0.05, 0) is 37.8 Å². The first kappa shape index (κ1) is 18.0. The molecule has 1 spiro atoms. The molecule has 2 aromatic rings. The number of anilines is 1. The summed E-state index contributed by atoms with van der Waals surface area (Å²) in [4.78, 5) is 20.3. The van der Waals surface area contributed by atoms with Gasteiger partial charge in [0.1, 0.15) is 0 Å². The third kappa shape index (κ3) is 2.56. The number of carbonyl (C=O) groups excluding carboxylic acids is 1. The second-order valence-electron chi connectivity index (χ2n) is 9.11. The minimum absolute atomic E-state index is 0.0265. The maximum Gasteiger partial charge on any atom is 0.296 e. The number of amides is 1. The van der Waals surface area contributed by atoms with E-state index in [0.717, 1.165) is 31.0 Å². The first-order valence-corrected chi connectivity index (χ1v) is 11.0. The third-order valence-corrected chi connectivity index (χ3v) is 7.18. The van der Waals surface area contributed by atoms with Crippen LogP contribution in [-0.2, 0) is 5.54 Å². The summed E-state index contributed by atoms with van der Waals surface area (Å²) in [6.45, 7) is 4.25. The number of fused-ring (bicyclic) bond motifs is 4. The summed E-state index contributed by atoms with van der Waals surface area (Å²) in [6.07, 6.45) is 12.3. The molecule has 2 aromatic heterocycles. The highest BCUT2D eigenvalue weighted by Crippen LogP contribution is 2.53. The van der Waals surface area contributed by atoms with Crippen LogP contribution in [0.4, 0.5) is 5.95 Å². The zero-order chi connectivity index (χ0) is 19.3. The first-order chi connectivity index (χ1) is 13.6. The average Bonchev–Trinajstić information content (AvgIpc) is 3.40. The summed E-state index contributed by atoms with van der Waals surface area (Å²) in [5.41, 5.74) is 0.0265. The monoisotopic (exact) mass is 382 g/mol. The molecule has 0 radical (unpaired) electrons. The Hall–Kier alpha value is -2.11. The van der Waals surface area contributed by atoms with Gasteiger partial charge in [0.15, 0.2) is 11.6 Å². The largest absolute Gasteiger partial charge is 0.459 e. The molecule has 0 aromatic carbocycles. The van der Waals surface area contributed by atoms with Crippen molar-refractivity contribution in [2.75, 3.05) is 4.90 Å². The van der Waals surface area contributed by atoms with Gasteiger partial charge in [-0.15, -0.1) is 0 Å². The average molecular weight is 383 g/mol. The second kappa shape index (κ2) is 6.75. The van der Waals surface area contributed by atoms with Crippen LogP contribution in [0.25, 0.3) is 0 Å². The number of rotatable bonds is 2. The predicted molar refractivity (Wildman–Crippen MR) is 106 cm³/mol. The molecule has 28 heavy (non-hydrogen) atoms. The van der Waals surface area contributed by atoms with E-state index >= 15 is 0 Å². The van der Waals surface area contributed by atoms with Gasteiger partial charge in [0.2, 0.25) is 5.95 Å². The SMILES string of the molecule is CC(C)c1nc2n(n1)C1(CCCCC1)[C@@H]1CCCC[C@@H]1N2C(=O)c1ccco1. The van der Waals surface area contributed by atoms with Crippen molar-refractivity contribution in [2.24, 2.45) is 5.92 Å². The van der Waals surface area contributed by atoms with Gasteiger partial charge in [0.05, 0.1) is 11.8 Å². The first-order valence-electron chi connectivity index (χ1n) is 11.0. The normalized spacial score (nSPS) is 26.3. The van der Waals surface area contributed by atoms with Gasteiger partial charge in [-0.1, -0.05) is 46.0 Å².